The van der Waals surface area contributed by atoms with Gasteiger partial charge in [0, 0.05) is 65.4 Å². The van der Waals surface area contributed by atoms with E-state index in [2.05, 4.69) is 38.1 Å². The summed E-state index contributed by atoms with van der Waals surface area (Å²) in [6.07, 6.45) is -1.30. The summed E-state index contributed by atoms with van der Waals surface area (Å²) in [4.78, 5) is 41.8. The molecule has 3 heterocycles. The Kier molecular flexibility index (Phi) is 16.0. The van der Waals surface area contributed by atoms with Crippen LogP contribution in [0.2, 0.25) is 5.02 Å². The summed E-state index contributed by atoms with van der Waals surface area (Å²) in [5.74, 6) is 5.32. The number of ether oxygens (including phenoxy) is 2. The lowest BCUT2D eigenvalue weighted by molar-refractivity contribution is -0.140. The molecule has 0 saturated carbocycles. The third kappa shape index (κ3) is 12.5. The number of rotatable bonds is 19. The van der Waals surface area contributed by atoms with Crippen LogP contribution in [0, 0.1) is 11.8 Å². The monoisotopic (exact) mass is 957 g/mol. The highest BCUT2D eigenvalue weighted by molar-refractivity contribution is 6.34. The number of carbonyl (C=O) groups is 3. The van der Waals surface area contributed by atoms with Crippen molar-refractivity contribution in [3.05, 3.63) is 107 Å². The van der Waals surface area contributed by atoms with Crippen molar-refractivity contribution in [2.45, 2.75) is 57.0 Å². The second kappa shape index (κ2) is 22.3. The van der Waals surface area contributed by atoms with E-state index in [0.717, 1.165) is 16.6 Å². The van der Waals surface area contributed by atoms with Gasteiger partial charge in [-0.05, 0) is 98.5 Å². The highest BCUT2D eigenvalue weighted by atomic mass is 35.5. The molecular formula is C50H52ClF4N7O6. The van der Waals surface area contributed by atoms with Crippen LogP contribution in [-0.2, 0) is 11.3 Å². The number of fused-ring (bicyclic) bond motifs is 2. The molecule has 68 heavy (non-hydrogen) atoms. The Morgan fingerprint density at radius 2 is 1.76 bits per heavy atom. The van der Waals surface area contributed by atoms with Crippen LogP contribution in [0.15, 0.2) is 85.1 Å². The van der Waals surface area contributed by atoms with Gasteiger partial charge in [-0.2, -0.15) is 13.2 Å². The summed E-state index contributed by atoms with van der Waals surface area (Å²) in [5.41, 5.74) is 4.23. The normalized spacial score (nSPS) is 15.1. The Labute approximate surface area is 395 Å². The second-order valence-corrected chi connectivity index (χ2v) is 16.9. The molecule has 6 aromatic rings. The van der Waals surface area contributed by atoms with Crippen LogP contribution in [0.5, 0.6) is 11.5 Å². The number of unbranched alkanes of at least 4 members (excludes halogenated alkanes) is 2. The maximum atomic E-state index is 14.9. The van der Waals surface area contributed by atoms with Gasteiger partial charge in [-0.15, -0.1) is 0 Å². The van der Waals surface area contributed by atoms with Crippen molar-refractivity contribution >= 4 is 62.6 Å². The summed E-state index contributed by atoms with van der Waals surface area (Å²) in [6.45, 7) is 0.771. The number of carboxylic acid groups (broad SMARTS) is 1. The minimum Gasteiger partial charge on any atom is -0.495 e. The van der Waals surface area contributed by atoms with Gasteiger partial charge in [0.15, 0.2) is 0 Å². The van der Waals surface area contributed by atoms with Crippen LogP contribution in [0.1, 0.15) is 58.5 Å². The molecule has 2 aromatic heterocycles. The van der Waals surface area contributed by atoms with Crippen LogP contribution in [0.25, 0.3) is 32.9 Å². The van der Waals surface area contributed by atoms with Crippen molar-refractivity contribution in [1.82, 2.24) is 25.1 Å². The number of hydrogen-bond donors (Lipinski definition) is 6. The molecule has 1 fully saturated rings. The van der Waals surface area contributed by atoms with E-state index in [1.165, 1.54) is 13.3 Å². The second-order valence-electron chi connectivity index (χ2n) is 16.5. The van der Waals surface area contributed by atoms with Gasteiger partial charge >= 0.3 is 12.1 Å². The number of methoxy groups -OCH3 is 1. The van der Waals surface area contributed by atoms with E-state index in [0.29, 0.717) is 106 Å². The number of carbonyl (C=O) groups excluding carboxylic acids is 2. The Hall–Kier alpha value is -6.90. The van der Waals surface area contributed by atoms with Crippen molar-refractivity contribution in [3.63, 3.8) is 0 Å². The van der Waals surface area contributed by atoms with E-state index >= 15 is 0 Å². The van der Waals surface area contributed by atoms with Gasteiger partial charge < -0.3 is 50.3 Å². The molecule has 4 aromatic carbocycles. The Morgan fingerprint density at radius 1 is 0.956 bits per heavy atom. The maximum Gasteiger partial charge on any atom is 0.406 e. The first-order valence-electron chi connectivity index (χ1n) is 22.2. The average Bonchev–Trinajstić information content (AvgIpc) is 3.88. The smallest absolute Gasteiger partial charge is 0.406 e. The van der Waals surface area contributed by atoms with Crippen LogP contribution >= 0.6 is 11.6 Å². The fourth-order valence-corrected chi connectivity index (χ4v) is 8.42. The number of nitrogens with zero attached hydrogens (tertiary/aromatic N) is 2. The number of aromatic nitrogens is 2. The van der Waals surface area contributed by atoms with E-state index in [9.17, 15) is 37.1 Å². The molecule has 358 valence electrons. The molecule has 7 rings (SSSR count). The van der Waals surface area contributed by atoms with E-state index in [1.54, 1.807) is 66.7 Å². The molecule has 13 nitrogen and oxygen atoms in total. The molecule has 1 aliphatic rings. The van der Waals surface area contributed by atoms with Crippen LogP contribution in [-0.4, -0.2) is 109 Å². The zero-order chi connectivity index (χ0) is 48.4. The lowest BCUT2D eigenvalue weighted by Gasteiger charge is -2.33. The SMILES string of the molecule is COc1cc(C(=O)NCCCCCC(=O)NCCOc2ccc(-c3cc4c(C(=O)O)c[nH]c4cc3Cl)cc2)ccc1NCC#Cc1cc2c(N[C@@H]3CCN(C)C[C@@H]3F)cccc2n1CC(F)(F)F. The standard InChI is InChI=1S/C50H52ClF4N7O6/c1-61-22-18-42(40(52)29-61)60-41-9-6-10-45-37(41)25-33(62(45)30-50(53,54)55)8-7-20-56-43-17-14-32(24-46(43)67-2)48(64)58-19-5-3-4-11-47(63)57-21-23-68-34-15-12-31(13-16-34)35-26-36-38(49(65)66)28-59-44(36)27-39(35)51/h6,9-10,12-17,24-28,40,42,56,59-60H,3-5,11,18-23,29-30H2,1-2H3,(H,57,63)(H,58,64)(H,65,66)/t40-,42+/m0/s1. The van der Waals surface area contributed by atoms with Gasteiger partial charge in [0.2, 0.25) is 5.91 Å². The number of anilines is 2. The number of benzene rings is 4. The van der Waals surface area contributed by atoms with E-state index in [4.69, 9.17) is 21.1 Å². The van der Waals surface area contributed by atoms with Crippen molar-refractivity contribution in [3.8, 4) is 34.5 Å². The quantitative estimate of drug-likeness (QED) is 0.0264. The highest BCUT2D eigenvalue weighted by Gasteiger charge is 2.31. The minimum absolute atomic E-state index is 0.0609. The van der Waals surface area contributed by atoms with Gasteiger partial charge in [-0.25, -0.2) is 9.18 Å². The zero-order valence-corrected chi connectivity index (χ0v) is 38.3. The van der Waals surface area contributed by atoms with Gasteiger partial charge in [0.05, 0.1) is 53.7 Å². The first-order chi connectivity index (χ1) is 32.7. The first kappa shape index (κ1) is 49.0. The number of aromatic carboxylic acids is 1. The minimum atomic E-state index is -4.50. The van der Waals surface area contributed by atoms with E-state index < -0.39 is 30.9 Å². The third-order valence-corrected chi connectivity index (χ3v) is 12.0. The van der Waals surface area contributed by atoms with Gasteiger partial charge in [-0.3, -0.25) is 9.59 Å². The molecule has 0 unspecified atom stereocenters. The zero-order valence-electron chi connectivity index (χ0n) is 37.5. The average molecular weight is 958 g/mol. The Morgan fingerprint density at radius 3 is 2.51 bits per heavy atom. The Balaban J connectivity index is 0.816. The fraction of sp³-hybridized carbons (Fsp3) is 0.340. The predicted molar refractivity (Wildman–Crippen MR) is 256 cm³/mol. The van der Waals surface area contributed by atoms with Crippen molar-refractivity contribution < 1.29 is 46.5 Å². The predicted octanol–water partition coefficient (Wildman–Crippen LogP) is 9.12. The molecule has 2 atom stereocenters. The molecule has 1 aliphatic heterocycles. The van der Waals surface area contributed by atoms with Gasteiger partial charge in [0.1, 0.15) is 30.8 Å². The molecular weight excluding hydrogens is 906 g/mol. The number of amides is 2. The maximum absolute atomic E-state index is 14.9. The number of H-pyrrole nitrogens is 1. The number of piperidine rings is 1. The topological polar surface area (TPSA) is 162 Å². The number of aromatic amines is 1. The molecule has 0 radical (unpaired) electrons. The summed E-state index contributed by atoms with van der Waals surface area (Å²) in [6, 6.07) is 21.6. The molecule has 18 heteroatoms. The fourth-order valence-electron chi connectivity index (χ4n) is 8.15. The number of alkyl halides is 4. The number of hydrogen-bond acceptors (Lipinski definition) is 8. The van der Waals surface area contributed by atoms with Gasteiger partial charge in [0.25, 0.3) is 5.91 Å². The van der Waals surface area contributed by atoms with E-state index in [1.807, 2.05) is 24.1 Å². The van der Waals surface area contributed by atoms with Crippen molar-refractivity contribution in [1.29, 1.82) is 0 Å². The van der Waals surface area contributed by atoms with Crippen molar-refractivity contribution in [2.24, 2.45) is 0 Å². The summed E-state index contributed by atoms with van der Waals surface area (Å²) in [5, 5.41) is 23.1. The highest BCUT2D eigenvalue weighted by Crippen LogP contribution is 2.35. The molecule has 0 aliphatic carbocycles. The number of likely N-dealkylation sites (tertiary alicyclic amines) is 1. The van der Waals surface area contributed by atoms with Crippen LogP contribution < -0.4 is 30.7 Å². The van der Waals surface area contributed by atoms with Gasteiger partial charge in [-0.1, -0.05) is 42.1 Å². The molecule has 2 amide bonds. The molecule has 6 N–H and O–H groups in total. The summed E-state index contributed by atoms with van der Waals surface area (Å²) in [7, 11) is 3.31. The molecule has 0 spiro atoms. The summed E-state index contributed by atoms with van der Waals surface area (Å²) >= 11 is 6.49. The number of halogens is 5. The molecule has 0 bridgehead atoms. The molecule has 1 saturated heterocycles. The number of carboxylic acids is 1. The lowest BCUT2D eigenvalue weighted by atomic mass is 10.0. The summed E-state index contributed by atoms with van der Waals surface area (Å²) < 4.78 is 68.5. The third-order valence-electron chi connectivity index (χ3n) is 11.6. The van der Waals surface area contributed by atoms with E-state index in [-0.39, 0.29) is 42.8 Å². The van der Waals surface area contributed by atoms with Crippen molar-refractivity contribution in [2.75, 3.05) is 64.1 Å². The van der Waals surface area contributed by atoms with Crippen LogP contribution in [0.4, 0.5) is 28.9 Å². The van der Waals surface area contributed by atoms with Crippen LogP contribution in [0.3, 0.4) is 0 Å². The largest absolute Gasteiger partial charge is 0.495 e. The first-order valence-corrected chi connectivity index (χ1v) is 22.6. The Bertz CT molecular complexity index is 2820. The number of nitrogens with one attached hydrogen (secondary N) is 5. The lowest BCUT2D eigenvalue weighted by Crippen LogP contribution is -2.46.